The molecule has 13 heavy (non-hydrogen) atoms. The van der Waals surface area contributed by atoms with Crippen LogP contribution in [-0.4, -0.2) is 18.3 Å². The monoisotopic (exact) mass is 202 g/mol. The van der Waals surface area contributed by atoms with Crippen LogP contribution in [-0.2, 0) is 0 Å². The van der Waals surface area contributed by atoms with Crippen molar-refractivity contribution in [2.24, 2.45) is 0 Å². The van der Waals surface area contributed by atoms with E-state index in [0.717, 1.165) is 0 Å². The van der Waals surface area contributed by atoms with Crippen LogP contribution in [0.4, 0.5) is 0 Å². The maximum atomic E-state index is 8.45. The van der Waals surface area contributed by atoms with Crippen molar-refractivity contribution in [2.75, 3.05) is 13.2 Å². The lowest BCUT2D eigenvalue weighted by atomic mass is 10.3. The molecular formula is C10H15ClO2. The number of rotatable bonds is 3. The van der Waals surface area contributed by atoms with Crippen LogP contribution in [0.5, 0.6) is 5.75 Å². The summed E-state index contributed by atoms with van der Waals surface area (Å²) in [6, 6.07) is 7.17. The third kappa shape index (κ3) is 4.76. The molecule has 0 aromatic heterocycles. The molecule has 1 aromatic rings. The lowest BCUT2D eigenvalue weighted by Crippen LogP contribution is -2.01. The van der Waals surface area contributed by atoms with E-state index in [1.807, 2.05) is 26.0 Å². The highest BCUT2D eigenvalue weighted by molar-refractivity contribution is 6.32. The van der Waals surface area contributed by atoms with Gasteiger partial charge in [-0.3, -0.25) is 0 Å². The van der Waals surface area contributed by atoms with Crippen LogP contribution in [0.25, 0.3) is 0 Å². The molecular weight excluding hydrogens is 188 g/mol. The van der Waals surface area contributed by atoms with E-state index < -0.39 is 0 Å². The minimum atomic E-state index is 0.00518. The summed E-state index contributed by atoms with van der Waals surface area (Å²) in [7, 11) is 0. The first-order chi connectivity index (χ1) is 6.34. The van der Waals surface area contributed by atoms with Gasteiger partial charge in [0.25, 0.3) is 0 Å². The van der Waals surface area contributed by atoms with Crippen LogP contribution in [0.1, 0.15) is 13.8 Å². The van der Waals surface area contributed by atoms with E-state index in [2.05, 4.69) is 0 Å². The standard InChI is InChI=1S/C8H9ClO2.C2H6/c9-7-3-1-2-4-8(7)11-6-5-10;1-2/h1-4,10H,5-6H2;1-2H3. The Morgan fingerprint density at radius 3 is 2.46 bits per heavy atom. The van der Waals surface area contributed by atoms with E-state index in [4.69, 9.17) is 21.4 Å². The number of hydrogen-bond acceptors (Lipinski definition) is 2. The Labute approximate surface area is 84.1 Å². The number of halogens is 1. The van der Waals surface area contributed by atoms with E-state index in [1.165, 1.54) is 0 Å². The number of benzene rings is 1. The molecule has 74 valence electrons. The molecule has 0 unspecified atom stereocenters. The second-order valence-electron chi connectivity index (χ2n) is 2.00. The smallest absolute Gasteiger partial charge is 0.138 e. The molecule has 0 aliphatic carbocycles. The number of ether oxygens (including phenoxy) is 1. The van der Waals surface area contributed by atoms with Crippen molar-refractivity contribution in [3.8, 4) is 5.75 Å². The maximum Gasteiger partial charge on any atom is 0.138 e. The van der Waals surface area contributed by atoms with Crippen LogP contribution in [0.3, 0.4) is 0 Å². The number of aliphatic hydroxyl groups excluding tert-OH is 1. The third-order valence-corrected chi connectivity index (χ3v) is 1.50. The summed E-state index contributed by atoms with van der Waals surface area (Å²) in [5.74, 6) is 0.614. The quantitative estimate of drug-likeness (QED) is 0.817. The lowest BCUT2D eigenvalue weighted by Gasteiger charge is -2.04. The summed E-state index contributed by atoms with van der Waals surface area (Å²) in [5.41, 5.74) is 0. The van der Waals surface area contributed by atoms with E-state index >= 15 is 0 Å². The van der Waals surface area contributed by atoms with Crippen molar-refractivity contribution in [1.82, 2.24) is 0 Å². The predicted molar refractivity (Wildman–Crippen MR) is 55.4 cm³/mol. The number of aliphatic hydroxyl groups is 1. The van der Waals surface area contributed by atoms with Gasteiger partial charge in [-0.25, -0.2) is 0 Å². The molecule has 0 radical (unpaired) electrons. The van der Waals surface area contributed by atoms with E-state index in [-0.39, 0.29) is 13.2 Å². The van der Waals surface area contributed by atoms with Crippen molar-refractivity contribution in [2.45, 2.75) is 13.8 Å². The Kier molecular flexibility index (Phi) is 7.45. The van der Waals surface area contributed by atoms with Gasteiger partial charge in [-0.05, 0) is 12.1 Å². The molecule has 0 spiro atoms. The first-order valence-electron chi connectivity index (χ1n) is 4.33. The van der Waals surface area contributed by atoms with Crippen LogP contribution >= 0.6 is 11.6 Å². The summed E-state index contributed by atoms with van der Waals surface area (Å²) in [6.07, 6.45) is 0. The van der Waals surface area contributed by atoms with Gasteiger partial charge < -0.3 is 9.84 Å². The SMILES string of the molecule is CC.OCCOc1ccccc1Cl. The van der Waals surface area contributed by atoms with Crippen LogP contribution in [0, 0.1) is 0 Å². The first kappa shape index (κ1) is 12.3. The third-order valence-electron chi connectivity index (χ3n) is 1.19. The summed E-state index contributed by atoms with van der Waals surface area (Å²) >= 11 is 5.75. The van der Waals surface area contributed by atoms with Gasteiger partial charge in [0, 0.05) is 0 Å². The number of hydrogen-bond donors (Lipinski definition) is 1. The minimum Gasteiger partial charge on any atom is -0.490 e. The molecule has 0 aliphatic rings. The van der Waals surface area contributed by atoms with Gasteiger partial charge in [0.15, 0.2) is 0 Å². The van der Waals surface area contributed by atoms with Gasteiger partial charge in [0.2, 0.25) is 0 Å². The predicted octanol–water partition coefficient (Wildman–Crippen LogP) is 2.74. The Balaban J connectivity index is 0.000000671. The molecule has 1 aromatic carbocycles. The second kappa shape index (κ2) is 7.90. The molecule has 2 nitrogen and oxygen atoms in total. The molecule has 0 bridgehead atoms. The van der Waals surface area contributed by atoms with Crippen molar-refractivity contribution >= 4 is 11.6 Å². The maximum absolute atomic E-state index is 8.45. The molecule has 0 heterocycles. The molecule has 1 N–H and O–H groups in total. The zero-order chi connectivity index (χ0) is 10.1. The second-order valence-corrected chi connectivity index (χ2v) is 2.41. The first-order valence-corrected chi connectivity index (χ1v) is 4.70. The van der Waals surface area contributed by atoms with E-state index in [1.54, 1.807) is 12.1 Å². The zero-order valence-electron chi connectivity index (χ0n) is 7.96. The van der Waals surface area contributed by atoms with Crippen LogP contribution in [0.15, 0.2) is 24.3 Å². The van der Waals surface area contributed by atoms with E-state index in [9.17, 15) is 0 Å². The molecule has 0 amide bonds. The highest BCUT2D eigenvalue weighted by Gasteiger charge is 1.96. The molecule has 0 saturated heterocycles. The molecule has 0 saturated carbocycles. The normalized spacial score (nSPS) is 8.62. The van der Waals surface area contributed by atoms with Gasteiger partial charge >= 0.3 is 0 Å². The van der Waals surface area contributed by atoms with Gasteiger partial charge in [-0.1, -0.05) is 37.6 Å². The molecule has 3 heteroatoms. The van der Waals surface area contributed by atoms with Crippen molar-refractivity contribution < 1.29 is 9.84 Å². The van der Waals surface area contributed by atoms with Gasteiger partial charge in [-0.2, -0.15) is 0 Å². The Morgan fingerprint density at radius 2 is 1.92 bits per heavy atom. The van der Waals surface area contributed by atoms with Crippen molar-refractivity contribution in [3.05, 3.63) is 29.3 Å². The summed E-state index contributed by atoms with van der Waals surface area (Å²) in [4.78, 5) is 0. The highest BCUT2D eigenvalue weighted by atomic mass is 35.5. The zero-order valence-corrected chi connectivity index (χ0v) is 8.71. The minimum absolute atomic E-state index is 0.00518. The summed E-state index contributed by atoms with van der Waals surface area (Å²) in [5, 5.41) is 9.02. The molecule has 0 fully saturated rings. The highest BCUT2D eigenvalue weighted by Crippen LogP contribution is 2.22. The Morgan fingerprint density at radius 1 is 1.31 bits per heavy atom. The fourth-order valence-corrected chi connectivity index (χ4v) is 0.908. The fourth-order valence-electron chi connectivity index (χ4n) is 0.717. The van der Waals surface area contributed by atoms with Gasteiger partial charge in [0.05, 0.1) is 11.6 Å². The lowest BCUT2D eigenvalue weighted by molar-refractivity contribution is 0.201. The molecule has 1 rings (SSSR count). The van der Waals surface area contributed by atoms with Crippen LogP contribution < -0.4 is 4.74 Å². The Hall–Kier alpha value is -0.730. The average molecular weight is 203 g/mol. The largest absolute Gasteiger partial charge is 0.490 e. The summed E-state index contributed by atoms with van der Waals surface area (Å²) in [6.45, 7) is 4.29. The molecule has 0 atom stereocenters. The summed E-state index contributed by atoms with van der Waals surface area (Å²) < 4.78 is 5.10. The van der Waals surface area contributed by atoms with Crippen molar-refractivity contribution in [1.29, 1.82) is 0 Å². The van der Waals surface area contributed by atoms with Gasteiger partial charge in [-0.15, -0.1) is 0 Å². The fraction of sp³-hybridized carbons (Fsp3) is 0.400. The van der Waals surface area contributed by atoms with Crippen molar-refractivity contribution in [3.63, 3.8) is 0 Å². The number of para-hydroxylation sites is 1. The molecule has 0 aliphatic heterocycles. The van der Waals surface area contributed by atoms with Gasteiger partial charge in [0.1, 0.15) is 12.4 Å². The Bertz CT molecular complexity index is 226. The van der Waals surface area contributed by atoms with E-state index in [0.29, 0.717) is 10.8 Å². The average Bonchev–Trinajstić information content (AvgIpc) is 2.20. The topological polar surface area (TPSA) is 29.5 Å². The van der Waals surface area contributed by atoms with Crippen LogP contribution in [0.2, 0.25) is 5.02 Å².